The third kappa shape index (κ3) is 5.44. The number of hydrogen-bond acceptors (Lipinski definition) is 8. The Balaban J connectivity index is 1.57. The van der Waals surface area contributed by atoms with E-state index in [2.05, 4.69) is 0 Å². The largest absolute Gasteiger partial charge is 0.456 e. The van der Waals surface area contributed by atoms with Crippen molar-refractivity contribution in [2.24, 2.45) is 0 Å². The average Bonchev–Trinajstić information content (AvgIpc) is 3.32. The van der Waals surface area contributed by atoms with Gasteiger partial charge in [0.25, 0.3) is 0 Å². The van der Waals surface area contributed by atoms with Gasteiger partial charge in [-0.15, -0.1) is 0 Å². The molecule has 2 fully saturated rings. The van der Waals surface area contributed by atoms with Crippen LogP contribution in [0, 0.1) is 0 Å². The molecule has 202 valence electrons. The van der Waals surface area contributed by atoms with Gasteiger partial charge in [0.1, 0.15) is 17.8 Å². The molecule has 0 amide bonds. The second-order valence-electron chi connectivity index (χ2n) is 9.61. The summed E-state index contributed by atoms with van der Waals surface area (Å²) >= 11 is 0. The Morgan fingerprint density at radius 2 is 1.23 bits per heavy atom. The number of rotatable bonds is 8. The highest BCUT2D eigenvalue weighted by molar-refractivity contribution is 5.73. The molecule has 8 heteroatoms. The minimum atomic E-state index is -1.06. The van der Waals surface area contributed by atoms with Gasteiger partial charge < -0.3 is 23.7 Å². The van der Waals surface area contributed by atoms with E-state index in [1.165, 1.54) is 13.8 Å². The topological polar surface area (TPSA) is 97.4 Å². The number of esters is 3. The molecule has 5 atom stereocenters. The second kappa shape index (κ2) is 11.4. The molecule has 2 saturated heterocycles. The van der Waals surface area contributed by atoms with Crippen molar-refractivity contribution in [3.05, 3.63) is 108 Å². The summed E-state index contributed by atoms with van der Waals surface area (Å²) in [4.78, 5) is 36.3. The highest BCUT2D eigenvalue weighted by Gasteiger charge is 2.55. The fourth-order valence-corrected chi connectivity index (χ4v) is 5.43. The van der Waals surface area contributed by atoms with Gasteiger partial charge in [0, 0.05) is 13.8 Å². The summed E-state index contributed by atoms with van der Waals surface area (Å²) in [5.41, 5.74) is 1.60. The van der Waals surface area contributed by atoms with Crippen molar-refractivity contribution in [3.63, 3.8) is 0 Å². The van der Waals surface area contributed by atoms with Gasteiger partial charge in [-0.2, -0.15) is 0 Å². The number of ether oxygens (including phenoxy) is 5. The van der Waals surface area contributed by atoms with Gasteiger partial charge in [-0.3, -0.25) is 14.4 Å². The van der Waals surface area contributed by atoms with Crippen molar-refractivity contribution in [3.8, 4) is 0 Å². The molecule has 0 aliphatic carbocycles. The molecule has 0 spiro atoms. The summed E-state index contributed by atoms with van der Waals surface area (Å²) in [5.74, 6) is -1.65. The Morgan fingerprint density at radius 1 is 0.769 bits per heavy atom. The van der Waals surface area contributed by atoms with Crippen LogP contribution < -0.4 is 0 Å². The zero-order valence-electron chi connectivity index (χ0n) is 21.7. The molecule has 2 aliphatic heterocycles. The Bertz CT molecular complexity index is 1200. The van der Waals surface area contributed by atoms with Gasteiger partial charge in [-0.1, -0.05) is 91.0 Å². The molecule has 0 aromatic heterocycles. The molecule has 0 saturated carbocycles. The summed E-state index contributed by atoms with van der Waals surface area (Å²) in [6.45, 7) is 2.46. The van der Waals surface area contributed by atoms with Crippen molar-refractivity contribution in [1.29, 1.82) is 0 Å². The van der Waals surface area contributed by atoms with E-state index < -0.39 is 54.0 Å². The van der Waals surface area contributed by atoms with E-state index in [1.807, 2.05) is 91.0 Å². The smallest absolute Gasteiger partial charge is 0.309 e. The van der Waals surface area contributed by atoms with Crippen LogP contribution in [0.1, 0.15) is 37.0 Å². The van der Waals surface area contributed by atoms with E-state index in [-0.39, 0.29) is 13.0 Å². The fourth-order valence-electron chi connectivity index (χ4n) is 5.43. The van der Waals surface area contributed by atoms with Crippen LogP contribution in [-0.4, -0.2) is 55.0 Å². The summed E-state index contributed by atoms with van der Waals surface area (Å²) in [6.07, 6.45) is -4.52. The summed E-state index contributed by atoms with van der Waals surface area (Å²) in [5, 5.41) is 0. The fraction of sp³-hybridized carbons (Fsp3) is 0.323. The highest BCUT2D eigenvalue weighted by Crippen LogP contribution is 2.42. The van der Waals surface area contributed by atoms with Crippen LogP contribution in [0.3, 0.4) is 0 Å². The lowest BCUT2D eigenvalue weighted by Gasteiger charge is -2.43. The van der Waals surface area contributed by atoms with Crippen molar-refractivity contribution in [2.75, 3.05) is 6.61 Å². The van der Waals surface area contributed by atoms with Crippen molar-refractivity contribution < 1.29 is 38.1 Å². The van der Waals surface area contributed by atoms with Crippen LogP contribution in [0.5, 0.6) is 0 Å². The molecule has 5 rings (SSSR count). The van der Waals surface area contributed by atoms with Crippen molar-refractivity contribution >= 4 is 17.9 Å². The molecule has 2 heterocycles. The molecule has 0 N–H and O–H groups in total. The van der Waals surface area contributed by atoms with E-state index >= 15 is 0 Å². The van der Waals surface area contributed by atoms with Crippen LogP contribution >= 0.6 is 0 Å². The first-order chi connectivity index (χ1) is 18.9. The van der Waals surface area contributed by atoms with E-state index in [0.29, 0.717) is 0 Å². The maximum Gasteiger partial charge on any atom is 0.309 e. The third-order valence-corrected chi connectivity index (χ3v) is 6.97. The Morgan fingerprint density at radius 3 is 1.69 bits per heavy atom. The van der Waals surface area contributed by atoms with Gasteiger partial charge in [0.2, 0.25) is 0 Å². The van der Waals surface area contributed by atoms with Crippen molar-refractivity contribution in [1.82, 2.24) is 0 Å². The van der Waals surface area contributed by atoms with Crippen LogP contribution in [0.25, 0.3) is 0 Å². The number of carbonyl (C=O) groups is 3. The summed E-state index contributed by atoms with van der Waals surface area (Å²) < 4.78 is 29.8. The van der Waals surface area contributed by atoms with Crippen LogP contribution in [0.15, 0.2) is 91.0 Å². The molecular formula is C31H30O8. The minimum absolute atomic E-state index is 0.00702. The normalized spacial score (nSPS) is 24.4. The standard InChI is InChI=1S/C31H30O8/c1-20(32)36-29-26(38-25-18-27(34)39-28(25)30(29)37-21(2)33)19-35-31(22-12-6-3-7-13-22,23-14-8-4-9-15-23)24-16-10-5-11-17-24/h3-17,25-26,28-30H,18-19H2,1-2H3. The molecule has 0 bridgehead atoms. The number of hydrogen-bond donors (Lipinski definition) is 0. The zero-order valence-corrected chi connectivity index (χ0v) is 21.7. The first-order valence-corrected chi connectivity index (χ1v) is 12.9. The summed E-state index contributed by atoms with van der Waals surface area (Å²) in [6, 6.07) is 29.4. The van der Waals surface area contributed by atoms with Crippen LogP contribution in [0.2, 0.25) is 0 Å². The Hall–Kier alpha value is -4.01. The molecule has 0 radical (unpaired) electrons. The van der Waals surface area contributed by atoms with Gasteiger partial charge >= 0.3 is 17.9 Å². The zero-order chi connectivity index (χ0) is 27.4. The van der Waals surface area contributed by atoms with E-state index in [4.69, 9.17) is 23.7 Å². The van der Waals surface area contributed by atoms with Gasteiger partial charge in [0.05, 0.1) is 13.0 Å². The van der Waals surface area contributed by atoms with Crippen molar-refractivity contribution in [2.45, 2.75) is 56.4 Å². The Kier molecular flexibility index (Phi) is 7.77. The predicted octanol–water partition coefficient (Wildman–Crippen LogP) is 3.94. The molecule has 5 unspecified atom stereocenters. The van der Waals surface area contributed by atoms with E-state index in [9.17, 15) is 14.4 Å². The molecule has 3 aromatic rings. The Labute approximate surface area is 226 Å². The van der Waals surface area contributed by atoms with Crippen LogP contribution in [-0.2, 0) is 43.7 Å². The third-order valence-electron chi connectivity index (χ3n) is 6.97. The SMILES string of the molecule is CC(=O)OC1C(COC(c2ccccc2)(c2ccccc2)c2ccccc2)OC2CC(=O)OC2C1OC(C)=O. The summed E-state index contributed by atoms with van der Waals surface area (Å²) in [7, 11) is 0. The number of carbonyl (C=O) groups excluding carboxylic acids is 3. The first kappa shape index (κ1) is 26.6. The predicted molar refractivity (Wildman–Crippen MR) is 139 cm³/mol. The molecule has 2 aliphatic rings. The monoisotopic (exact) mass is 530 g/mol. The lowest BCUT2D eigenvalue weighted by Crippen LogP contribution is -2.60. The number of benzene rings is 3. The maximum absolute atomic E-state index is 12.2. The minimum Gasteiger partial charge on any atom is -0.456 e. The molecule has 8 nitrogen and oxygen atoms in total. The molecule has 3 aromatic carbocycles. The van der Waals surface area contributed by atoms with Gasteiger partial charge in [-0.05, 0) is 16.7 Å². The average molecular weight is 531 g/mol. The number of fused-ring (bicyclic) bond motifs is 1. The lowest BCUT2D eigenvalue weighted by molar-refractivity contribution is -0.241. The highest BCUT2D eigenvalue weighted by atomic mass is 16.7. The van der Waals surface area contributed by atoms with Gasteiger partial charge in [0.15, 0.2) is 18.3 Å². The lowest BCUT2D eigenvalue weighted by atomic mass is 9.80. The quantitative estimate of drug-likeness (QED) is 0.246. The second-order valence-corrected chi connectivity index (χ2v) is 9.61. The van der Waals surface area contributed by atoms with Crippen LogP contribution in [0.4, 0.5) is 0 Å². The van der Waals surface area contributed by atoms with Gasteiger partial charge in [-0.25, -0.2) is 0 Å². The van der Waals surface area contributed by atoms with E-state index in [0.717, 1.165) is 16.7 Å². The first-order valence-electron chi connectivity index (χ1n) is 12.9. The molecular weight excluding hydrogens is 500 g/mol. The maximum atomic E-state index is 12.2. The van der Waals surface area contributed by atoms with E-state index in [1.54, 1.807) is 0 Å². The molecule has 39 heavy (non-hydrogen) atoms.